The van der Waals surface area contributed by atoms with E-state index in [0.29, 0.717) is 37.4 Å². The monoisotopic (exact) mass is 667 g/mol. The number of benzene rings is 4. The van der Waals surface area contributed by atoms with Gasteiger partial charge in [0.2, 0.25) is 5.91 Å². The molecular weight excluding hydrogens is 645 g/mol. The van der Waals surface area contributed by atoms with Crippen LogP contribution >= 0.6 is 46.6 Å². The zero-order valence-corrected chi connectivity index (χ0v) is 26.0. The van der Waals surface area contributed by atoms with E-state index in [0.717, 1.165) is 0 Å². The van der Waals surface area contributed by atoms with Crippen molar-refractivity contribution >= 4 is 87.7 Å². The van der Waals surface area contributed by atoms with E-state index in [1.165, 1.54) is 36.0 Å². The third-order valence-corrected chi connectivity index (χ3v) is 8.14. The molecule has 0 spiro atoms. The molecule has 0 fully saturated rings. The molecule has 0 saturated carbocycles. The fourth-order valence-electron chi connectivity index (χ4n) is 3.85. The number of carbonyl (C=O) groups is 4. The van der Waals surface area contributed by atoms with Crippen molar-refractivity contribution in [2.24, 2.45) is 0 Å². The van der Waals surface area contributed by atoms with Crippen LogP contribution < -0.4 is 16.0 Å². The standard InChI is InChI=1S/C32H24Cl3N3O5S/c1-18(29(39)36-21-13-14-27(35)24(16-21)32(42)43)44-22-10-5-9-20(15-22)37-31(41)28(17-23-25(33)11-6-12-26(23)34)38-30(40)19-7-3-2-4-8-19/h2-18H,1H3,(H,36,39)(H,37,41)(H,38,40)(H,42,43)/b28-17+. The normalized spacial score (nSPS) is 11.8. The molecule has 12 heteroatoms. The largest absolute Gasteiger partial charge is 0.478 e. The van der Waals surface area contributed by atoms with E-state index >= 15 is 0 Å². The second-order valence-electron chi connectivity index (χ2n) is 9.24. The fraction of sp³-hybridized carbons (Fsp3) is 0.0625. The van der Waals surface area contributed by atoms with E-state index in [1.54, 1.807) is 79.7 Å². The first-order valence-electron chi connectivity index (χ1n) is 13.0. The molecule has 44 heavy (non-hydrogen) atoms. The summed E-state index contributed by atoms with van der Waals surface area (Å²) >= 11 is 19.8. The summed E-state index contributed by atoms with van der Waals surface area (Å²) in [4.78, 5) is 51.2. The number of anilines is 2. The van der Waals surface area contributed by atoms with E-state index in [9.17, 15) is 24.3 Å². The number of rotatable bonds is 10. The molecule has 8 nitrogen and oxygen atoms in total. The van der Waals surface area contributed by atoms with Crippen LogP contribution in [0, 0.1) is 0 Å². The first-order valence-corrected chi connectivity index (χ1v) is 15.0. The average Bonchev–Trinajstić information content (AvgIpc) is 2.99. The van der Waals surface area contributed by atoms with Crippen molar-refractivity contribution in [1.82, 2.24) is 5.32 Å². The SMILES string of the molecule is CC(Sc1cccc(NC(=O)/C(=C\c2c(Cl)cccc2Cl)NC(=O)c2ccccc2)c1)C(=O)Nc1ccc(Cl)c(C(=O)O)c1. The minimum atomic E-state index is -1.21. The van der Waals surface area contributed by atoms with Gasteiger partial charge in [-0.3, -0.25) is 14.4 Å². The molecule has 0 radical (unpaired) electrons. The maximum atomic E-state index is 13.4. The molecule has 4 aromatic carbocycles. The van der Waals surface area contributed by atoms with Crippen LogP contribution in [0.15, 0.2) is 102 Å². The Morgan fingerprint density at radius 3 is 2.11 bits per heavy atom. The van der Waals surface area contributed by atoms with Gasteiger partial charge < -0.3 is 21.1 Å². The second kappa shape index (κ2) is 14.9. The van der Waals surface area contributed by atoms with Gasteiger partial charge in [0.05, 0.1) is 15.8 Å². The smallest absolute Gasteiger partial charge is 0.337 e. The van der Waals surface area contributed by atoms with E-state index in [2.05, 4.69) is 16.0 Å². The van der Waals surface area contributed by atoms with Crippen LogP contribution in [0.5, 0.6) is 0 Å². The molecule has 4 N–H and O–H groups in total. The second-order valence-corrected chi connectivity index (χ2v) is 11.9. The summed E-state index contributed by atoms with van der Waals surface area (Å²) in [7, 11) is 0. The van der Waals surface area contributed by atoms with Gasteiger partial charge in [0.25, 0.3) is 11.8 Å². The Kier molecular flexibility index (Phi) is 11.1. The highest BCUT2D eigenvalue weighted by atomic mass is 35.5. The number of thioether (sulfide) groups is 1. The van der Waals surface area contributed by atoms with Gasteiger partial charge in [-0.25, -0.2) is 4.79 Å². The number of carbonyl (C=O) groups excluding carboxylic acids is 3. The summed E-state index contributed by atoms with van der Waals surface area (Å²) < 4.78 is 0. The van der Waals surface area contributed by atoms with Crippen LogP contribution in [-0.2, 0) is 9.59 Å². The van der Waals surface area contributed by atoms with Crippen molar-refractivity contribution < 1.29 is 24.3 Å². The molecular formula is C32H24Cl3N3O5S. The van der Waals surface area contributed by atoms with E-state index < -0.39 is 23.0 Å². The average molecular weight is 669 g/mol. The van der Waals surface area contributed by atoms with Gasteiger partial charge in [-0.15, -0.1) is 11.8 Å². The predicted molar refractivity (Wildman–Crippen MR) is 176 cm³/mol. The van der Waals surface area contributed by atoms with Gasteiger partial charge in [0.15, 0.2) is 0 Å². The Labute approximate surface area is 272 Å². The molecule has 0 saturated heterocycles. The zero-order valence-electron chi connectivity index (χ0n) is 22.9. The van der Waals surface area contributed by atoms with E-state index in [1.807, 2.05) is 0 Å². The number of amides is 3. The Balaban J connectivity index is 1.50. The lowest BCUT2D eigenvalue weighted by molar-refractivity contribution is -0.115. The third-order valence-electron chi connectivity index (χ3n) is 6.06. The number of carboxylic acids is 1. The van der Waals surface area contributed by atoms with E-state index in [-0.39, 0.29) is 22.2 Å². The van der Waals surface area contributed by atoms with Crippen LogP contribution in [-0.4, -0.2) is 34.0 Å². The third kappa shape index (κ3) is 8.64. The quantitative estimate of drug-likeness (QED) is 0.101. The molecule has 0 aliphatic heterocycles. The molecule has 0 bridgehead atoms. The van der Waals surface area contributed by atoms with Gasteiger partial charge in [0, 0.05) is 37.4 Å². The van der Waals surface area contributed by atoms with Crippen molar-refractivity contribution in [3.63, 3.8) is 0 Å². The highest BCUT2D eigenvalue weighted by molar-refractivity contribution is 8.00. The lowest BCUT2D eigenvalue weighted by Crippen LogP contribution is -2.30. The Hall–Kier alpha value is -4.28. The topological polar surface area (TPSA) is 125 Å². The number of carboxylic acid groups (broad SMARTS) is 1. The minimum absolute atomic E-state index is 0.0596. The molecule has 1 atom stereocenters. The van der Waals surface area contributed by atoms with Gasteiger partial charge in [-0.05, 0) is 73.7 Å². The van der Waals surface area contributed by atoms with Gasteiger partial charge >= 0.3 is 5.97 Å². The molecule has 0 aliphatic carbocycles. The zero-order chi connectivity index (χ0) is 31.8. The van der Waals surface area contributed by atoms with Gasteiger partial charge in [0.1, 0.15) is 5.70 Å². The molecule has 0 aliphatic rings. The maximum Gasteiger partial charge on any atom is 0.337 e. The highest BCUT2D eigenvalue weighted by Gasteiger charge is 2.19. The van der Waals surface area contributed by atoms with Crippen molar-refractivity contribution in [2.45, 2.75) is 17.1 Å². The highest BCUT2D eigenvalue weighted by Crippen LogP contribution is 2.29. The predicted octanol–water partition coefficient (Wildman–Crippen LogP) is 7.87. The summed E-state index contributed by atoms with van der Waals surface area (Å²) in [5, 5.41) is 17.4. The Morgan fingerprint density at radius 1 is 0.773 bits per heavy atom. The maximum absolute atomic E-state index is 13.4. The van der Waals surface area contributed by atoms with Crippen LogP contribution in [0.4, 0.5) is 11.4 Å². The molecule has 3 amide bonds. The van der Waals surface area contributed by atoms with Crippen molar-refractivity contribution in [3.05, 3.63) is 128 Å². The fourth-order valence-corrected chi connectivity index (χ4v) is 5.48. The van der Waals surface area contributed by atoms with Crippen LogP contribution in [0.3, 0.4) is 0 Å². The molecule has 0 aromatic heterocycles. The number of hydrogen-bond acceptors (Lipinski definition) is 5. The van der Waals surface area contributed by atoms with Crippen molar-refractivity contribution in [3.8, 4) is 0 Å². The summed E-state index contributed by atoms with van der Waals surface area (Å²) in [6.45, 7) is 1.69. The minimum Gasteiger partial charge on any atom is -0.478 e. The van der Waals surface area contributed by atoms with Gasteiger partial charge in [-0.1, -0.05) is 65.1 Å². The lowest BCUT2D eigenvalue weighted by atomic mass is 10.1. The van der Waals surface area contributed by atoms with E-state index in [4.69, 9.17) is 34.8 Å². The molecule has 1 unspecified atom stereocenters. The molecule has 4 aromatic rings. The lowest BCUT2D eigenvalue weighted by Gasteiger charge is -2.15. The molecule has 224 valence electrons. The Bertz CT molecular complexity index is 1750. The number of aromatic carboxylic acids is 1. The molecule has 0 heterocycles. The first kappa shape index (κ1) is 32.6. The number of nitrogens with one attached hydrogen (secondary N) is 3. The van der Waals surface area contributed by atoms with Crippen LogP contribution in [0.2, 0.25) is 15.1 Å². The summed E-state index contributed by atoms with van der Waals surface area (Å²) in [6, 6.07) is 24.3. The first-order chi connectivity index (χ1) is 21.0. The summed E-state index contributed by atoms with van der Waals surface area (Å²) in [5.74, 6) is -2.71. The Morgan fingerprint density at radius 2 is 1.43 bits per heavy atom. The van der Waals surface area contributed by atoms with Crippen molar-refractivity contribution in [1.29, 1.82) is 0 Å². The summed E-state index contributed by atoms with van der Waals surface area (Å²) in [5.41, 5.74) is 1.18. The number of hydrogen-bond donors (Lipinski definition) is 4. The van der Waals surface area contributed by atoms with Crippen molar-refractivity contribution in [2.75, 3.05) is 10.6 Å². The van der Waals surface area contributed by atoms with Crippen LogP contribution in [0.1, 0.15) is 33.2 Å². The van der Waals surface area contributed by atoms with Gasteiger partial charge in [-0.2, -0.15) is 0 Å². The summed E-state index contributed by atoms with van der Waals surface area (Å²) in [6.07, 6.45) is 1.40. The van der Waals surface area contributed by atoms with Crippen LogP contribution in [0.25, 0.3) is 6.08 Å². The number of halogens is 3. The molecule has 4 rings (SSSR count).